The van der Waals surface area contributed by atoms with Crippen LogP contribution in [0.3, 0.4) is 0 Å². The van der Waals surface area contributed by atoms with Gasteiger partial charge in [-0.15, -0.1) is 0 Å². The smallest absolute Gasteiger partial charge is 0.337 e. The second-order valence-electron chi connectivity index (χ2n) is 4.46. The molecule has 2 aromatic carbocycles. The number of rotatable bonds is 2. The highest BCUT2D eigenvalue weighted by atomic mass is 19.1. The van der Waals surface area contributed by atoms with E-state index in [1.54, 1.807) is 30.5 Å². The molecule has 0 fully saturated rings. The normalized spacial score (nSPS) is 10.7. The Balaban J connectivity index is 2.16. The minimum Gasteiger partial charge on any atom is -0.465 e. The van der Waals surface area contributed by atoms with Gasteiger partial charge in [0.05, 0.1) is 12.7 Å². The fraction of sp³-hybridized carbons (Fsp3) is 0.0625. The molecule has 0 aliphatic carbocycles. The molecule has 1 aromatic heterocycles. The van der Waals surface area contributed by atoms with Crippen molar-refractivity contribution in [3.63, 3.8) is 0 Å². The number of hydrogen-bond donors (Lipinski definition) is 1. The first-order valence-electron chi connectivity index (χ1n) is 6.14. The number of benzene rings is 2. The highest BCUT2D eigenvalue weighted by molar-refractivity contribution is 5.97. The summed E-state index contributed by atoms with van der Waals surface area (Å²) in [7, 11) is 1.34. The van der Waals surface area contributed by atoms with Gasteiger partial charge in [0.2, 0.25) is 0 Å². The van der Waals surface area contributed by atoms with Crippen LogP contribution in [0.1, 0.15) is 10.4 Å². The van der Waals surface area contributed by atoms with E-state index >= 15 is 0 Å². The number of H-pyrrole nitrogens is 1. The van der Waals surface area contributed by atoms with E-state index in [-0.39, 0.29) is 5.82 Å². The van der Waals surface area contributed by atoms with Crippen molar-refractivity contribution >= 4 is 16.9 Å². The fourth-order valence-electron chi connectivity index (χ4n) is 2.26. The van der Waals surface area contributed by atoms with Crippen LogP contribution in [0.4, 0.5) is 4.39 Å². The van der Waals surface area contributed by atoms with Crippen LogP contribution in [0.2, 0.25) is 0 Å². The second-order valence-corrected chi connectivity index (χ2v) is 4.46. The van der Waals surface area contributed by atoms with Crippen LogP contribution in [0.5, 0.6) is 0 Å². The van der Waals surface area contributed by atoms with Crippen molar-refractivity contribution in [3.8, 4) is 11.1 Å². The maximum atomic E-state index is 13.4. The summed E-state index contributed by atoms with van der Waals surface area (Å²) in [6, 6.07) is 11.7. The number of carbonyl (C=O) groups excluding carboxylic acids is 1. The number of ether oxygens (including phenoxy) is 1. The molecule has 4 heteroatoms. The second kappa shape index (κ2) is 4.81. The van der Waals surface area contributed by atoms with Gasteiger partial charge >= 0.3 is 5.97 Å². The standard InChI is InChI=1S/C16H12FNO2/c1-20-16(19)11-4-2-3-10(7-11)14-9-18-15-6-5-12(17)8-13(14)15/h2-9,18H,1H3. The first-order valence-corrected chi connectivity index (χ1v) is 6.14. The van der Waals surface area contributed by atoms with Crippen LogP contribution in [-0.4, -0.2) is 18.1 Å². The number of halogens is 1. The van der Waals surface area contributed by atoms with Gasteiger partial charge in [-0.3, -0.25) is 0 Å². The minimum absolute atomic E-state index is 0.289. The van der Waals surface area contributed by atoms with Gasteiger partial charge in [0.25, 0.3) is 0 Å². The maximum absolute atomic E-state index is 13.4. The van der Waals surface area contributed by atoms with Gasteiger partial charge < -0.3 is 9.72 Å². The Morgan fingerprint density at radius 1 is 1.20 bits per heavy atom. The Bertz CT molecular complexity index is 792. The summed E-state index contributed by atoms with van der Waals surface area (Å²) in [6.07, 6.45) is 1.81. The van der Waals surface area contributed by atoms with Crippen LogP contribution in [0.25, 0.3) is 22.0 Å². The van der Waals surface area contributed by atoms with Gasteiger partial charge in [0.1, 0.15) is 5.82 Å². The van der Waals surface area contributed by atoms with Crippen molar-refractivity contribution in [1.82, 2.24) is 4.98 Å². The van der Waals surface area contributed by atoms with Crippen molar-refractivity contribution < 1.29 is 13.9 Å². The molecule has 0 amide bonds. The number of nitrogens with one attached hydrogen (secondary N) is 1. The molecular formula is C16H12FNO2. The zero-order chi connectivity index (χ0) is 14.1. The fourth-order valence-corrected chi connectivity index (χ4v) is 2.26. The van der Waals surface area contributed by atoms with Gasteiger partial charge in [-0.2, -0.15) is 0 Å². The maximum Gasteiger partial charge on any atom is 0.337 e. The molecule has 1 heterocycles. The predicted octanol–water partition coefficient (Wildman–Crippen LogP) is 3.76. The molecule has 0 aliphatic heterocycles. The molecule has 0 atom stereocenters. The number of fused-ring (bicyclic) bond motifs is 1. The number of aromatic amines is 1. The highest BCUT2D eigenvalue weighted by Gasteiger charge is 2.10. The number of hydrogen-bond acceptors (Lipinski definition) is 2. The largest absolute Gasteiger partial charge is 0.465 e. The molecule has 0 radical (unpaired) electrons. The van der Waals surface area contributed by atoms with Crippen molar-refractivity contribution in [3.05, 3.63) is 60.0 Å². The summed E-state index contributed by atoms with van der Waals surface area (Å²) in [6.45, 7) is 0. The monoisotopic (exact) mass is 269 g/mol. The molecule has 3 nitrogen and oxygen atoms in total. The Morgan fingerprint density at radius 3 is 2.85 bits per heavy atom. The molecule has 0 saturated carbocycles. The van der Waals surface area contributed by atoms with E-state index in [1.165, 1.54) is 19.2 Å². The van der Waals surface area contributed by atoms with Crippen LogP contribution in [0.15, 0.2) is 48.7 Å². The van der Waals surface area contributed by atoms with Gasteiger partial charge in [0.15, 0.2) is 0 Å². The third-order valence-corrected chi connectivity index (χ3v) is 3.24. The molecule has 0 aliphatic rings. The summed E-state index contributed by atoms with van der Waals surface area (Å²) < 4.78 is 18.1. The lowest BCUT2D eigenvalue weighted by molar-refractivity contribution is 0.0601. The van der Waals surface area contributed by atoms with E-state index in [2.05, 4.69) is 4.98 Å². The van der Waals surface area contributed by atoms with Gasteiger partial charge in [-0.25, -0.2) is 9.18 Å². The summed E-state index contributed by atoms with van der Waals surface area (Å²) in [5, 5.41) is 0.784. The predicted molar refractivity (Wildman–Crippen MR) is 75.0 cm³/mol. The molecule has 1 N–H and O–H groups in total. The zero-order valence-electron chi connectivity index (χ0n) is 10.8. The first-order chi connectivity index (χ1) is 9.69. The first kappa shape index (κ1) is 12.4. The van der Waals surface area contributed by atoms with E-state index < -0.39 is 5.97 Å². The number of esters is 1. The highest BCUT2D eigenvalue weighted by Crippen LogP contribution is 2.29. The van der Waals surface area contributed by atoms with Crippen molar-refractivity contribution in [1.29, 1.82) is 0 Å². The Hall–Kier alpha value is -2.62. The topological polar surface area (TPSA) is 42.1 Å². The summed E-state index contributed by atoms with van der Waals surface area (Å²) >= 11 is 0. The van der Waals surface area contributed by atoms with E-state index in [4.69, 9.17) is 4.74 Å². The van der Waals surface area contributed by atoms with E-state index in [9.17, 15) is 9.18 Å². The number of methoxy groups -OCH3 is 1. The third kappa shape index (κ3) is 2.05. The molecule has 20 heavy (non-hydrogen) atoms. The van der Waals surface area contributed by atoms with Crippen LogP contribution in [0, 0.1) is 5.82 Å². The van der Waals surface area contributed by atoms with Crippen molar-refractivity contribution in [2.45, 2.75) is 0 Å². The van der Waals surface area contributed by atoms with Gasteiger partial charge in [0, 0.05) is 22.7 Å². The molecule has 3 aromatic rings. The molecule has 0 spiro atoms. The average molecular weight is 269 g/mol. The van der Waals surface area contributed by atoms with E-state index in [0.29, 0.717) is 5.56 Å². The quantitative estimate of drug-likeness (QED) is 0.720. The Labute approximate surface area is 115 Å². The zero-order valence-corrected chi connectivity index (χ0v) is 10.8. The summed E-state index contributed by atoms with van der Waals surface area (Å²) in [4.78, 5) is 14.7. The van der Waals surface area contributed by atoms with Gasteiger partial charge in [-0.05, 0) is 35.9 Å². The SMILES string of the molecule is COC(=O)c1cccc(-c2c[nH]c3ccc(F)cc23)c1. The van der Waals surface area contributed by atoms with E-state index in [1.807, 2.05) is 6.07 Å². The lowest BCUT2D eigenvalue weighted by Crippen LogP contribution is -2.00. The summed E-state index contributed by atoms with van der Waals surface area (Å²) in [5.74, 6) is -0.680. The molecule has 0 unspecified atom stereocenters. The minimum atomic E-state index is -0.391. The van der Waals surface area contributed by atoms with Crippen LogP contribution in [-0.2, 0) is 4.74 Å². The molecule has 0 saturated heterocycles. The van der Waals surface area contributed by atoms with Crippen LogP contribution < -0.4 is 0 Å². The average Bonchev–Trinajstić information content (AvgIpc) is 2.89. The lowest BCUT2D eigenvalue weighted by atomic mass is 10.0. The number of carbonyl (C=O) groups is 1. The molecule has 100 valence electrons. The lowest BCUT2D eigenvalue weighted by Gasteiger charge is -2.03. The molecular weight excluding hydrogens is 257 g/mol. The van der Waals surface area contributed by atoms with Crippen LogP contribution >= 0.6 is 0 Å². The third-order valence-electron chi connectivity index (χ3n) is 3.24. The number of aromatic nitrogens is 1. The summed E-state index contributed by atoms with van der Waals surface area (Å²) in [5.41, 5.74) is 3.01. The Kier molecular flexibility index (Phi) is 2.99. The Morgan fingerprint density at radius 2 is 2.05 bits per heavy atom. The van der Waals surface area contributed by atoms with Gasteiger partial charge in [-0.1, -0.05) is 12.1 Å². The molecule has 0 bridgehead atoms. The van der Waals surface area contributed by atoms with E-state index in [0.717, 1.165) is 22.0 Å². The van der Waals surface area contributed by atoms with Crippen molar-refractivity contribution in [2.24, 2.45) is 0 Å². The van der Waals surface area contributed by atoms with Crippen molar-refractivity contribution in [2.75, 3.05) is 7.11 Å². The molecule has 3 rings (SSSR count).